The van der Waals surface area contributed by atoms with Crippen molar-refractivity contribution in [3.63, 3.8) is 0 Å². The van der Waals surface area contributed by atoms with Crippen LogP contribution in [0.5, 0.6) is 5.88 Å². The van der Waals surface area contributed by atoms with E-state index < -0.39 is 5.60 Å². The number of hydrogen-bond donors (Lipinski definition) is 1. The first kappa shape index (κ1) is 34.5. The molecule has 3 fully saturated rings. The minimum absolute atomic E-state index is 0.0302. The minimum Gasteiger partial charge on any atom is -0.474 e. The Balaban J connectivity index is 1.26. The molecule has 4 aliphatic rings. The number of aromatic nitrogens is 1. The Bertz CT molecular complexity index is 1480. The van der Waals surface area contributed by atoms with Crippen LogP contribution in [0.2, 0.25) is 0 Å². The number of piperazine rings is 1. The van der Waals surface area contributed by atoms with Crippen LogP contribution in [0.4, 0.5) is 14.9 Å². The maximum absolute atomic E-state index is 14.4. The third-order valence-corrected chi connectivity index (χ3v) is 10.2. The molecule has 0 bridgehead atoms. The highest BCUT2D eigenvalue weighted by Crippen LogP contribution is 2.40. The van der Waals surface area contributed by atoms with Gasteiger partial charge in [0, 0.05) is 43.8 Å². The van der Waals surface area contributed by atoms with Crippen LogP contribution in [-0.4, -0.2) is 119 Å². The van der Waals surface area contributed by atoms with E-state index in [1.54, 1.807) is 17.0 Å². The smallest absolute Gasteiger partial charge is 0.410 e. The number of amides is 2. The molecule has 1 aromatic heterocycles. The number of hydrogen-bond acceptors (Lipinski definition) is 9. The summed E-state index contributed by atoms with van der Waals surface area (Å²) in [6, 6.07) is 7.61. The molecule has 2 amide bonds. The molecular weight excluding hydrogens is 617 g/mol. The number of morpholine rings is 1. The second-order valence-electron chi connectivity index (χ2n) is 14.9. The summed E-state index contributed by atoms with van der Waals surface area (Å²) in [6.45, 7) is 13.6. The van der Waals surface area contributed by atoms with Crippen LogP contribution in [0.3, 0.4) is 0 Å². The first-order valence-electron chi connectivity index (χ1n) is 17.3. The number of carbonyl (C=O) groups is 2. The van der Waals surface area contributed by atoms with Gasteiger partial charge in [0.1, 0.15) is 23.7 Å². The molecule has 262 valence electrons. The maximum Gasteiger partial charge on any atom is 0.410 e. The van der Waals surface area contributed by atoms with Crippen molar-refractivity contribution in [2.45, 2.75) is 96.2 Å². The molecule has 1 aromatic carbocycles. The summed E-state index contributed by atoms with van der Waals surface area (Å²) in [7, 11) is 0. The van der Waals surface area contributed by atoms with Crippen LogP contribution in [0.25, 0.3) is 0 Å². The Hall–Kier alpha value is -3.32. The number of halogens is 1. The van der Waals surface area contributed by atoms with Crippen LogP contribution in [0, 0.1) is 5.82 Å². The zero-order chi connectivity index (χ0) is 34.2. The van der Waals surface area contributed by atoms with Gasteiger partial charge in [-0.2, -0.15) is 0 Å². The maximum atomic E-state index is 14.4. The summed E-state index contributed by atoms with van der Waals surface area (Å²) in [6.07, 6.45) is 3.45. The Morgan fingerprint density at radius 2 is 1.88 bits per heavy atom. The van der Waals surface area contributed by atoms with Crippen molar-refractivity contribution in [2.24, 2.45) is 0 Å². The largest absolute Gasteiger partial charge is 0.474 e. The van der Waals surface area contributed by atoms with E-state index in [-0.39, 0.29) is 61.2 Å². The number of pyridine rings is 1. The Labute approximate surface area is 282 Å². The van der Waals surface area contributed by atoms with Crippen molar-refractivity contribution in [1.82, 2.24) is 19.7 Å². The Morgan fingerprint density at radius 1 is 1.12 bits per heavy atom. The molecule has 11 nitrogen and oxygen atoms in total. The summed E-state index contributed by atoms with van der Waals surface area (Å²) >= 11 is 0. The van der Waals surface area contributed by atoms with Gasteiger partial charge in [0.05, 0.1) is 38.1 Å². The first-order valence-corrected chi connectivity index (χ1v) is 17.3. The lowest BCUT2D eigenvalue weighted by molar-refractivity contribution is -0.127. The van der Waals surface area contributed by atoms with Gasteiger partial charge in [0.15, 0.2) is 0 Å². The van der Waals surface area contributed by atoms with Crippen LogP contribution in [-0.2, 0) is 27.3 Å². The van der Waals surface area contributed by atoms with Gasteiger partial charge in [-0.3, -0.25) is 14.6 Å². The summed E-state index contributed by atoms with van der Waals surface area (Å²) < 4.78 is 31.3. The number of aliphatic hydroxyl groups is 1. The monoisotopic (exact) mass is 667 g/mol. The lowest BCUT2D eigenvalue weighted by Gasteiger charge is -2.55. The Morgan fingerprint density at radius 3 is 2.54 bits per heavy atom. The molecule has 1 saturated carbocycles. The van der Waals surface area contributed by atoms with Gasteiger partial charge < -0.3 is 29.1 Å². The zero-order valence-corrected chi connectivity index (χ0v) is 28.9. The molecule has 4 heterocycles. The normalized spacial score (nSPS) is 24.5. The number of ether oxygens (including phenoxy) is 3. The SMILES string of the molecule is C[C@@H]1CN(CC(=O)N2c3cc(Cc4ccc(F)cc4)c(CO)nc3OC[C@@H]2C)[C@@H](CN2CCOCC23CCC3)CN1C(=O)OC(C)(C)C. The number of fused-ring (bicyclic) bond motifs is 1. The lowest BCUT2D eigenvalue weighted by atomic mass is 9.75. The molecule has 3 aliphatic heterocycles. The Kier molecular flexibility index (Phi) is 10.00. The van der Waals surface area contributed by atoms with Crippen molar-refractivity contribution in [3.8, 4) is 5.88 Å². The van der Waals surface area contributed by atoms with Crippen LogP contribution in [0.1, 0.15) is 70.7 Å². The van der Waals surface area contributed by atoms with Gasteiger partial charge in [-0.15, -0.1) is 0 Å². The highest BCUT2D eigenvalue weighted by molar-refractivity contribution is 5.97. The molecule has 1 spiro atoms. The van der Waals surface area contributed by atoms with Crippen LogP contribution >= 0.6 is 0 Å². The predicted molar refractivity (Wildman–Crippen MR) is 179 cm³/mol. The minimum atomic E-state index is -0.612. The van der Waals surface area contributed by atoms with Crippen molar-refractivity contribution < 1.29 is 33.3 Å². The zero-order valence-electron chi connectivity index (χ0n) is 28.9. The molecule has 48 heavy (non-hydrogen) atoms. The second kappa shape index (κ2) is 13.9. The summed E-state index contributed by atoms with van der Waals surface area (Å²) in [5.74, 6) is -0.0884. The van der Waals surface area contributed by atoms with Crippen molar-refractivity contribution >= 4 is 17.7 Å². The van der Waals surface area contributed by atoms with E-state index in [4.69, 9.17) is 14.2 Å². The van der Waals surface area contributed by atoms with Crippen molar-refractivity contribution in [2.75, 3.05) is 57.4 Å². The number of anilines is 1. The van der Waals surface area contributed by atoms with Gasteiger partial charge in [-0.1, -0.05) is 12.1 Å². The van der Waals surface area contributed by atoms with Gasteiger partial charge in [-0.25, -0.2) is 14.2 Å². The van der Waals surface area contributed by atoms with Gasteiger partial charge in [-0.05, 0) is 89.6 Å². The second-order valence-corrected chi connectivity index (χ2v) is 14.9. The molecule has 1 N–H and O–H groups in total. The summed E-state index contributed by atoms with van der Waals surface area (Å²) in [5.41, 5.74) is 2.05. The van der Waals surface area contributed by atoms with Gasteiger partial charge in [0.2, 0.25) is 11.8 Å². The number of aliphatic hydroxyl groups excluding tert-OH is 1. The third-order valence-electron chi connectivity index (χ3n) is 10.2. The average Bonchev–Trinajstić information content (AvgIpc) is 3.01. The van der Waals surface area contributed by atoms with E-state index in [1.807, 2.05) is 45.6 Å². The number of carbonyl (C=O) groups excluding carboxylic acids is 2. The summed E-state index contributed by atoms with van der Waals surface area (Å²) in [5, 5.41) is 10.1. The lowest BCUT2D eigenvalue weighted by Crippen LogP contribution is -2.68. The number of rotatable bonds is 7. The van der Waals surface area contributed by atoms with E-state index >= 15 is 0 Å². The van der Waals surface area contributed by atoms with E-state index in [1.165, 1.54) is 18.6 Å². The molecule has 12 heteroatoms. The predicted octanol–water partition coefficient (Wildman–Crippen LogP) is 3.98. The van der Waals surface area contributed by atoms with Crippen LogP contribution < -0.4 is 9.64 Å². The standard InChI is InChI=1S/C36H50FN5O6/c1-24-17-39(29(19-41(24)34(45)48-35(3,4)5)18-40-13-14-46-23-36(40)11-6-12-36)20-32(44)42-25(2)22-47-33-31(42)16-27(30(21-43)38-33)15-26-7-9-28(37)10-8-26/h7-10,16,24-25,29,43H,6,11-15,17-23H2,1-5H3/t24-,25+,29+/m1/s1. The number of benzene rings is 1. The summed E-state index contributed by atoms with van der Waals surface area (Å²) in [4.78, 5) is 40.7. The highest BCUT2D eigenvalue weighted by atomic mass is 19.1. The fraction of sp³-hybridized carbons (Fsp3) is 0.639. The van der Waals surface area contributed by atoms with E-state index in [2.05, 4.69) is 14.8 Å². The van der Waals surface area contributed by atoms with E-state index in [0.717, 1.165) is 43.7 Å². The van der Waals surface area contributed by atoms with Gasteiger partial charge in [0.25, 0.3) is 0 Å². The molecule has 0 radical (unpaired) electrons. The number of nitrogens with zero attached hydrogens (tertiary/aromatic N) is 5. The first-order chi connectivity index (χ1) is 22.9. The molecule has 6 rings (SSSR count). The van der Waals surface area contributed by atoms with E-state index in [0.29, 0.717) is 43.4 Å². The fourth-order valence-corrected chi connectivity index (χ4v) is 7.50. The van der Waals surface area contributed by atoms with Crippen molar-refractivity contribution in [3.05, 3.63) is 53.0 Å². The molecule has 2 saturated heterocycles. The highest BCUT2D eigenvalue weighted by Gasteiger charge is 2.47. The van der Waals surface area contributed by atoms with E-state index in [9.17, 15) is 19.1 Å². The third kappa shape index (κ3) is 7.31. The molecule has 0 unspecified atom stereocenters. The molecule has 3 atom stereocenters. The average molecular weight is 668 g/mol. The quantitative estimate of drug-likeness (QED) is 0.469. The van der Waals surface area contributed by atoms with Gasteiger partial charge >= 0.3 is 6.09 Å². The van der Waals surface area contributed by atoms with Crippen molar-refractivity contribution in [1.29, 1.82) is 0 Å². The topological polar surface area (TPSA) is 108 Å². The molecule has 2 aromatic rings. The fourth-order valence-electron chi connectivity index (χ4n) is 7.50. The molecule has 1 aliphatic carbocycles. The molecular formula is C36H50FN5O6. The van der Waals surface area contributed by atoms with Crippen LogP contribution in [0.15, 0.2) is 30.3 Å².